The first kappa shape index (κ1) is 20.7. The molecule has 0 aliphatic heterocycles. The lowest BCUT2D eigenvalue weighted by Gasteiger charge is -2.23. The fraction of sp³-hybridized carbons (Fsp3) is 0.103. The van der Waals surface area contributed by atoms with Crippen molar-refractivity contribution in [3.05, 3.63) is 126 Å². The van der Waals surface area contributed by atoms with Crippen molar-refractivity contribution in [1.29, 1.82) is 0 Å². The molecule has 0 aliphatic rings. The third kappa shape index (κ3) is 4.15. The number of nitrogens with zero attached hydrogens (tertiary/aromatic N) is 3. The number of amides is 1. The Morgan fingerprint density at radius 3 is 2.12 bits per heavy atom. The molecule has 0 aliphatic carbocycles. The number of benzene rings is 3. The lowest BCUT2D eigenvalue weighted by molar-refractivity contribution is 0.0980. The summed E-state index contributed by atoms with van der Waals surface area (Å²) in [6.07, 6.45) is 1.99. The third-order valence-corrected chi connectivity index (χ3v) is 5.79. The van der Waals surface area contributed by atoms with E-state index in [4.69, 9.17) is 4.98 Å². The fourth-order valence-electron chi connectivity index (χ4n) is 4.05. The van der Waals surface area contributed by atoms with E-state index in [1.165, 1.54) is 5.56 Å². The zero-order valence-electron chi connectivity index (χ0n) is 18.8. The van der Waals surface area contributed by atoms with Gasteiger partial charge in [-0.25, -0.2) is 4.98 Å². The Kier molecular flexibility index (Phi) is 5.49. The summed E-state index contributed by atoms with van der Waals surface area (Å²) in [5.74, 6) is -0.0845. The van der Waals surface area contributed by atoms with E-state index in [0.29, 0.717) is 17.9 Å². The molecule has 5 aromatic rings. The number of hydrogen-bond acceptors (Lipinski definition) is 2. The van der Waals surface area contributed by atoms with Crippen molar-refractivity contribution in [3.8, 4) is 11.3 Å². The van der Waals surface area contributed by atoms with Crippen LogP contribution in [-0.2, 0) is 6.54 Å². The lowest BCUT2D eigenvalue weighted by atomic mass is 10.1. The summed E-state index contributed by atoms with van der Waals surface area (Å²) in [6.45, 7) is 4.55. The van der Waals surface area contributed by atoms with E-state index in [2.05, 4.69) is 19.1 Å². The highest BCUT2D eigenvalue weighted by molar-refractivity contribution is 6.09. The molecule has 162 valence electrons. The van der Waals surface area contributed by atoms with E-state index in [1.807, 2.05) is 107 Å². The average molecular weight is 432 g/mol. The maximum absolute atomic E-state index is 14.3. The molecule has 0 bridgehead atoms. The maximum Gasteiger partial charge on any atom is 0.277 e. The van der Waals surface area contributed by atoms with Crippen molar-refractivity contribution in [1.82, 2.24) is 9.38 Å². The third-order valence-electron chi connectivity index (χ3n) is 5.79. The van der Waals surface area contributed by atoms with Crippen LogP contribution in [0, 0.1) is 13.8 Å². The Labute approximate surface area is 193 Å². The summed E-state index contributed by atoms with van der Waals surface area (Å²) in [4.78, 5) is 21.0. The van der Waals surface area contributed by atoms with Crippen molar-refractivity contribution < 1.29 is 4.79 Å². The van der Waals surface area contributed by atoms with E-state index in [0.717, 1.165) is 28.0 Å². The maximum atomic E-state index is 14.3. The van der Waals surface area contributed by atoms with Gasteiger partial charge in [0.2, 0.25) is 0 Å². The van der Waals surface area contributed by atoms with E-state index < -0.39 is 0 Å². The van der Waals surface area contributed by atoms with Crippen molar-refractivity contribution in [2.75, 3.05) is 4.90 Å². The topological polar surface area (TPSA) is 37.6 Å². The highest BCUT2D eigenvalue weighted by Gasteiger charge is 2.26. The average Bonchev–Trinajstić information content (AvgIpc) is 3.22. The highest BCUT2D eigenvalue weighted by Crippen LogP contribution is 2.29. The molecule has 3 aromatic carbocycles. The Morgan fingerprint density at radius 1 is 0.788 bits per heavy atom. The Bertz CT molecular complexity index is 1400. The normalized spacial score (nSPS) is 11.0. The molecule has 0 unspecified atom stereocenters. The summed E-state index contributed by atoms with van der Waals surface area (Å²) >= 11 is 0. The number of fused-ring (bicyclic) bond motifs is 1. The second-order valence-electron chi connectivity index (χ2n) is 8.32. The van der Waals surface area contributed by atoms with Gasteiger partial charge in [-0.2, -0.15) is 0 Å². The summed E-state index contributed by atoms with van der Waals surface area (Å²) in [5, 5.41) is 0. The molecule has 2 aromatic heterocycles. The molecule has 33 heavy (non-hydrogen) atoms. The predicted octanol–water partition coefficient (Wildman–Crippen LogP) is 6.47. The Balaban J connectivity index is 1.69. The van der Waals surface area contributed by atoms with Crippen LogP contribution in [-0.4, -0.2) is 15.3 Å². The minimum atomic E-state index is -0.0845. The van der Waals surface area contributed by atoms with Gasteiger partial charge in [-0.05, 0) is 43.2 Å². The molecule has 0 atom stereocenters. The molecule has 0 radical (unpaired) electrons. The van der Waals surface area contributed by atoms with E-state index in [9.17, 15) is 4.79 Å². The van der Waals surface area contributed by atoms with E-state index in [1.54, 1.807) is 0 Å². The minimum Gasteiger partial charge on any atom is -0.303 e. The molecular weight excluding hydrogens is 406 g/mol. The van der Waals surface area contributed by atoms with Crippen LogP contribution >= 0.6 is 0 Å². The van der Waals surface area contributed by atoms with Crippen LogP contribution in [0.25, 0.3) is 16.9 Å². The summed E-state index contributed by atoms with van der Waals surface area (Å²) in [7, 11) is 0. The second kappa shape index (κ2) is 8.75. The number of carbonyl (C=O) groups is 1. The number of aryl methyl sites for hydroxylation is 2. The molecule has 0 spiro atoms. The molecule has 0 fully saturated rings. The van der Waals surface area contributed by atoms with Crippen LogP contribution < -0.4 is 4.90 Å². The van der Waals surface area contributed by atoms with Crippen LogP contribution in [0.5, 0.6) is 0 Å². The van der Waals surface area contributed by atoms with Gasteiger partial charge in [-0.3, -0.25) is 9.20 Å². The predicted molar refractivity (Wildman–Crippen MR) is 133 cm³/mol. The fourth-order valence-corrected chi connectivity index (χ4v) is 4.05. The summed E-state index contributed by atoms with van der Waals surface area (Å²) in [6, 6.07) is 32.1. The molecule has 2 heterocycles. The molecular formula is C29H25N3O. The van der Waals surface area contributed by atoms with Gasteiger partial charge in [0, 0.05) is 17.4 Å². The Hall–Kier alpha value is -4.18. The molecule has 5 rings (SSSR count). The van der Waals surface area contributed by atoms with Crippen LogP contribution in [0.1, 0.15) is 27.2 Å². The number of hydrogen-bond donors (Lipinski definition) is 0. The van der Waals surface area contributed by atoms with Gasteiger partial charge in [0.1, 0.15) is 17.0 Å². The first-order chi connectivity index (χ1) is 16.1. The number of pyridine rings is 1. The summed E-state index contributed by atoms with van der Waals surface area (Å²) in [5.41, 5.74) is 7.10. The van der Waals surface area contributed by atoms with Gasteiger partial charge in [0.15, 0.2) is 0 Å². The number of para-hydroxylation sites is 1. The number of carbonyl (C=O) groups excluding carboxylic acids is 1. The standard InChI is InChI=1S/C29H25N3O/c1-21-13-16-24(17-14-21)27-28(32-19-22(2)15-18-26(32)30-27)29(33)31(25-11-7-4-8-12-25)20-23-9-5-3-6-10-23/h3-19H,20H2,1-2H3. The van der Waals surface area contributed by atoms with Crippen LogP contribution in [0.2, 0.25) is 0 Å². The van der Waals surface area contributed by atoms with Crippen LogP contribution in [0.4, 0.5) is 5.69 Å². The van der Waals surface area contributed by atoms with Gasteiger partial charge >= 0.3 is 0 Å². The van der Waals surface area contributed by atoms with Gasteiger partial charge in [-0.1, -0.05) is 84.4 Å². The largest absolute Gasteiger partial charge is 0.303 e. The minimum absolute atomic E-state index is 0.0845. The Morgan fingerprint density at radius 2 is 1.42 bits per heavy atom. The van der Waals surface area contributed by atoms with E-state index in [-0.39, 0.29) is 5.91 Å². The first-order valence-corrected chi connectivity index (χ1v) is 11.1. The summed E-state index contributed by atoms with van der Waals surface area (Å²) < 4.78 is 1.92. The van der Waals surface area contributed by atoms with Crippen molar-refractivity contribution >= 4 is 17.2 Å². The van der Waals surface area contributed by atoms with Crippen molar-refractivity contribution in [2.45, 2.75) is 20.4 Å². The monoisotopic (exact) mass is 431 g/mol. The molecule has 1 amide bonds. The van der Waals surface area contributed by atoms with E-state index >= 15 is 0 Å². The van der Waals surface area contributed by atoms with Gasteiger partial charge < -0.3 is 4.90 Å². The van der Waals surface area contributed by atoms with Gasteiger partial charge in [0.05, 0.1) is 6.54 Å². The zero-order chi connectivity index (χ0) is 22.8. The zero-order valence-corrected chi connectivity index (χ0v) is 18.8. The van der Waals surface area contributed by atoms with Crippen molar-refractivity contribution in [3.63, 3.8) is 0 Å². The van der Waals surface area contributed by atoms with Crippen LogP contribution in [0.3, 0.4) is 0 Å². The number of aromatic nitrogens is 2. The quantitative estimate of drug-likeness (QED) is 0.320. The van der Waals surface area contributed by atoms with Crippen LogP contribution in [0.15, 0.2) is 103 Å². The number of rotatable bonds is 5. The molecule has 4 heteroatoms. The number of anilines is 1. The molecule has 0 N–H and O–H groups in total. The highest BCUT2D eigenvalue weighted by atomic mass is 16.2. The molecule has 0 saturated heterocycles. The van der Waals surface area contributed by atoms with Gasteiger partial charge in [-0.15, -0.1) is 0 Å². The number of imidazole rings is 1. The van der Waals surface area contributed by atoms with Gasteiger partial charge in [0.25, 0.3) is 5.91 Å². The first-order valence-electron chi connectivity index (χ1n) is 11.1. The second-order valence-corrected chi connectivity index (χ2v) is 8.32. The van der Waals surface area contributed by atoms with Crippen molar-refractivity contribution in [2.24, 2.45) is 0 Å². The lowest BCUT2D eigenvalue weighted by Crippen LogP contribution is -2.31. The SMILES string of the molecule is Cc1ccc(-c2nc3ccc(C)cn3c2C(=O)N(Cc2ccccc2)c2ccccc2)cc1. The molecule has 0 saturated carbocycles. The molecule has 4 nitrogen and oxygen atoms in total. The smallest absolute Gasteiger partial charge is 0.277 e.